The summed E-state index contributed by atoms with van der Waals surface area (Å²) in [6.07, 6.45) is 4.82. The third kappa shape index (κ3) is 4.09. The average Bonchev–Trinajstić information content (AvgIpc) is 3.22. The largest absolute Gasteiger partial charge is 0.337 e. The number of carbonyl (C=O) groups excluding carboxylic acids is 3. The lowest BCUT2D eigenvalue weighted by Crippen LogP contribution is -2.30. The fourth-order valence-corrected chi connectivity index (χ4v) is 3.43. The number of hydrogen-bond donors (Lipinski definition) is 2. The molecule has 2 aromatic carbocycles. The Morgan fingerprint density at radius 1 is 1.13 bits per heavy atom. The maximum absolute atomic E-state index is 13.1. The minimum Gasteiger partial charge on any atom is -0.337 e. The molecule has 1 aliphatic rings. The summed E-state index contributed by atoms with van der Waals surface area (Å²) in [7, 11) is 0. The first-order chi connectivity index (χ1) is 15.0. The van der Waals surface area contributed by atoms with Gasteiger partial charge in [-0.25, -0.2) is 9.18 Å². The number of amides is 4. The van der Waals surface area contributed by atoms with Crippen LogP contribution in [0, 0.1) is 5.82 Å². The summed E-state index contributed by atoms with van der Waals surface area (Å²) < 4.78 is 14.8. The molecule has 8 heteroatoms. The molecule has 156 valence electrons. The third-order valence-electron chi connectivity index (χ3n) is 4.84. The fourth-order valence-electron chi connectivity index (χ4n) is 3.43. The van der Waals surface area contributed by atoms with E-state index in [0.717, 1.165) is 15.8 Å². The maximum Gasteiger partial charge on any atom is 0.329 e. The molecule has 0 spiro atoms. The third-order valence-corrected chi connectivity index (χ3v) is 4.84. The fraction of sp³-hybridized carbons (Fsp3) is 0.0870. The minimum atomic E-state index is -0.501. The van der Waals surface area contributed by atoms with Crippen LogP contribution in [0.2, 0.25) is 0 Å². The van der Waals surface area contributed by atoms with E-state index in [1.165, 1.54) is 30.3 Å². The molecular weight excluding hydrogens is 399 g/mol. The number of nitrogens with one attached hydrogen (secondary N) is 2. The van der Waals surface area contributed by atoms with Crippen molar-refractivity contribution in [1.29, 1.82) is 0 Å². The van der Waals surface area contributed by atoms with Gasteiger partial charge in [-0.15, -0.1) is 6.58 Å². The van der Waals surface area contributed by atoms with Crippen LogP contribution in [0.5, 0.6) is 0 Å². The Hall–Kier alpha value is -4.20. The first kappa shape index (κ1) is 20.1. The van der Waals surface area contributed by atoms with Crippen molar-refractivity contribution in [2.45, 2.75) is 6.54 Å². The molecule has 1 saturated heterocycles. The molecule has 4 amide bonds. The highest BCUT2D eigenvalue weighted by atomic mass is 19.1. The summed E-state index contributed by atoms with van der Waals surface area (Å²) in [6.45, 7) is 3.69. The van der Waals surface area contributed by atoms with Crippen molar-refractivity contribution in [3.63, 3.8) is 0 Å². The van der Waals surface area contributed by atoms with Gasteiger partial charge in [0.1, 0.15) is 18.1 Å². The molecule has 0 radical (unpaired) electrons. The molecule has 1 fully saturated rings. The van der Waals surface area contributed by atoms with Crippen molar-refractivity contribution in [2.24, 2.45) is 0 Å². The van der Waals surface area contributed by atoms with Gasteiger partial charge < -0.3 is 15.2 Å². The van der Waals surface area contributed by atoms with Gasteiger partial charge in [-0.1, -0.05) is 24.3 Å². The van der Waals surface area contributed by atoms with E-state index < -0.39 is 11.9 Å². The predicted molar refractivity (Wildman–Crippen MR) is 115 cm³/mol. The van der Waals surface area contributed by atoms with E-state index in [9.17, 15) is 18.8 Å². The van der Waals surface area contributed by atoms with Gasteiger partial charge in [0.15, 0.2) is 0 Å². The van der Waals surface area contributed by atoms with Crippen LogP contribution in [0.15, 0.2) is 73.1 Å². The van der Waals surface area contributed by atoms with Crippen LogP contribution in [0.3, 0.4) is 0 Å². The van der Waals surface area contributed by atoms with Crippen molar-refractivity contribution in [3.05, 3.63) is 84.5 Å². The number of fused-ring (bicyclic) bond motifs is 1. The van der Waals surface area contributed by atoms with Crippen molar-refractivity contribution in [1.82, 2.24) is 14.8 Å². The monoisotopic (exact) mass is 418 g/mol. The Morgan fingerprint density at radius 2 is 1.87 bits per heavy atom. The van der Waals surface area contributed by atoms with Gasteiger partial charge in [-0.05, 0) is 36.4 Å². The van der Waals surface area contributed by atoms with Crippen LogP contribution in [0.25, 0.3) is 17.0 Å². The normalized spacial score (nSPS) is 14.9. The summed E-state index contributed by atoms with van der Waals surface area (Å²) in [6, 6.07) is 12.5. The van der Waals surface area contributed by atoms with E-state index in [-0.39, 0.29) is 30.5 Å². The number of imide groups is 1. The number of nitrogens with zero attached hydrogens (tertiary/aromatic N) is 2. The second-order valence-electron chi connectivity index (χ2n) is 6.98. The average molecular weight is 418 g/mol. The summed E-state index contributed by atoms with van der Waals surface area (Å²) in [5.41, 5.74) is 2.13. The van der Waals surface area contributed by atoms with E-state index in [1.807, 2.05) is 24.3 Å². The first-order valence-corrected chi connectivity index (χ1v) is 9.55. The molecule has 2 N–H and O–H groups in total. The van der Waals surface area contributed by atoms with Crippen molar-refractivity contribution in [2.75, 3.05) is 11.9 Å². The molecule has 0 aliphatic carbocycles. The zero-order chi connectivity index (χ0) is 22.0. The lowest BCUT2D eigenvalue weighted by molar-refractivity contribution is -0.122. The lowest BCUT2D eigenvalue weighted by Gasteiger charge is -2.07. The number of urea groups is 1. The Balaban J connectivity index is 1.61. The Morgan fingerprint density at radius 3 is 2.61 bits per heavy atom. The smallest absolute Gasteiger partial charge is 0.329 e. The van der Waals surface area contributed by atoms with E-state index >= 15 is 0 Å². The zero-order valence-electron chi connectivity index (χ0n) is 16.5. The van der Waals surface area contributed by atoms with Gasteiger partial charge in [-0.2, -0.15) is 0 Å². The Bertz CT molecular complexity index is 1230. The topological polar surface area (TPSA) is 83.4 Å². The van der Waals surface area contributed by atoms with Crippen molar-refractivity contribution in [3.8, 4) is 0 Å². The molecule has 2 heterocycles. The van der Waals surface area contributed by atoms with Gasteiger partial charge in [0.25, 0.3) is 5.91 Å². The second kappa shape index (κ2) is 8.27. The van der Waals surface area contributed by atoms with Gasteiger partial charge in [0.05, 0.1) is 0 Å². The molecule has 7 nitrogen and oxygen atoms in total. The Kier molecular flexibility index (Phi) is 5.36. The zero-order valence-corrected chi connectivity index (χ0v) is 16.5. The van der Waals surface area contributed by atoms with Gasteiger partial charge in [0.2, 0.25) is 5.91 Å². The second-order valence-corrected chi connectivity index (χ2v) is 6.98. The molecule has 0 atom stereocenters. The molecule has 0 saturated carbocycles. The van der Waals surface area contributed by atoms with E-state index in [0.29, 0.717) is 11.3 Å². The number of aromatic nitrogens is 1. The van der Waals surface area contributed by atoms with E-state index in [1.54, 1.807) is 16.8 Å². The van der Waals surface area contributed by atoms with E-state index in [4.69, 9.17) is 0 Å². The van der Waals surface area contributed by atoms with Gasteiger partial charge >= 0.3 is 6.03 Å². The number of hydrogen-bond acceptors (Lipinski definition) is 3. The molecule has 0 unspecified atom stereocenters. The number of anilines is 1. The quantitative estimate of drug-likeness (QED) is 0.365. The van der Waals surface area contributed by atoms with Gasteiger partial charge in [0, 0.05) is 34.9 Å². The van der Waals surface area contributed by atoms with E-state index in [2.05, 4.69) is 17.2 Å². The van der Waals surface area contributed by atoms with Crippen molar-refractivity contribution >= 4 is 40.5 Å². The molecular formula is C23H19FN4O3. The molecule has 1 aliphatic heterocycles. The molecule has 3 aromatic rings. The van der Waals surface area contributed by atoms with Gasteiger partial charge in [-0.3, -0.25) is 14.5 Å². The number of carbonyl (C=O) groups is 3. The SMILES string of the molecule is C=CCN1C(=O)N/C(=C/c2cn(CC(=O)Nc3ccc(F)cc3)c3ccccc23)C1=O. The minimum absolute atomic E-state index is 0.0178. The van der Waals surface area contributed by atoms with Crippen LogP contribution < -0.4 is 10.6 Å². The first-order valence-electron chi connectivity index (χ1n) is 9.55. The molecule has 1 aromatic heterocycles. The van der Waals surface area contributed by atoms with Crippen molar-refractivity contribution < 1.29 is 18.8 Å². The van der Waals surface area contributed by atoms with Crippen LogP contribution in [0.4, 0.5) is 14.9 Å². The maximum atomic E-state index is 13.1. The number of halogens is 1. The summed E-state index contributed by atoms with van der Waals surface area (Å²) in [5.74, 6) is -1.10. The Labute approximate surface area is 177 Å². The number of rotatable bonds is 6. The van der Waals surface area contributed by atoms with Crippen LogP contribution >= 0.6 is 0 Å². The van der Waals surface area contributed by atoms with Crippen LogP contribution in [-0.4, -0.2) is 33.9 Å². The van der Waals surface area contributed by atoms with Crippen LogP contribution in [-0.2, 0) is 16.1 Å². The standard InChI is InChI=1S/C23H19FN4O3/c1-2-11-28-22(30)19(26-23(28)31)12-15-13-27(20-6-4-3-5-18(15)20)14-21(29)25-17-9-7-16(24)8-10-17/h2-10,12-13H,1,11,14H2,(H,25,29)(H,26,31)/b19-12+. The highest BCUT2D eigenvalue weighted by Crippen LogP contribution is 2.25. The number of para-hydroxylation sites is 1. The van der Waals surface area contributed by atoms with Crippen LogP contribution in [0.1, 0.15) is 5.56 Å². The molecule has 31 heavy (non-hydrogen) atoms. The highest BCUT2D eigenvalue weighted by Gasteiger charge is 2.32. The highest BCUT2D eigenvalue weighted by molar-refractivity contribution is 6.14. The summed E-state index contributed by atoms with van der Waals surface area (Å²) in [5, 5.41) is 6.13. The molecule has 4 rings (SSSR count). The summed E-state index contributed by atoms with van der Waals surface area (Å²) in [4.78, 5) is 38.1. The summed E-state index contributed by atoms with van der Waals surface area (Å²) >= 11 is 0. The molecule has 0 bridgehead atoms. The lowest BCUT2D eigenvalue weighted by atomic mass is 10.1. The number of benzene rings is 2. The predicted octanol–water partition coefficient (Wildman–Crippen LogP) is 3.50.